The van der Waals surface area contributed by atoms with Crippen LogP contribution in [0.5, 0.6) is 0 Å². The van der Waals surface area contributed by atoms with Gasteiger partial charge >= 0.3 is 0 Å². The lowest BCUT2D eigenvalue weighted by molar-refractivity contribution is -0.481. The van der Waals surface area contributed by atoms with Crippen molar-refractivity contribution in [3.63, 3.8) is 0 Å². The van der Waals surface area contributed by atoms with Gasteiger partial charge in [0.1, 0.15) is 0 Å². The number of nitrogens with zero attached hydrogens (tertiary/aromatic N) is 1. The van der Waals surface area contributed by atoms with Crippen molar-refractivity contribution >= 4 is 0 Å². The molecule has 0 aromatic carbocycles. The summed E-state index contributed by atoms with van der Waals surface area (Å²) in [5, 5.41) is 10.6. The van der Waals surface area contributed by atoms with Crippen LogP contribution in [0.15, 0.2) is 0 Å². The maximum atomic E-state index is 10.6. The van der Waals surface area contributed by atoms with E-state index in [4.69, 9.17) is 0 Å². The fourth-order valence-electron chi connectivity index (χ4n) is 4.26. The van der Waals surface area contributed by atoms with Gasteiger partial charge in [-0.3, -0.25) is 10.1 Å². The molecular weight excluding hydrogens is 322 g/mol. The third-order valence-corrected chi connectivity index (χ3v) is 6.34. The van der Waals surface area contributed by atoms with E-state index in [2.05, 4.69) is 27.7 Å². The Morgan fingerprint density at radius 1 is 0.769 bits per heavy atom. The number of rotatable bonds is 19. The molecule has 2 unspecified atom stereocenters. The van der Waals surface area contributed by atoms with Crippen LogP contribution in [-0.2, 0) is 0 Å². The molecule has 0 aliphatic carbocycles. The van der Waals surface area contributed by atoms with Gasteiger partial charge in [-0.2, -0.15) is 0 Å². The average molecular weight is 370 g/mol. The lowest BCUT2D eigenvalue weighted by atomic mass is 9.70. The van der Waals surface area contributed by atoms with E-state index in [1.165, 1.54) is 89.9 Å². The van der Waals surface area contributed by atoms with Gasteiger partial charge in [-0.25, -0.2) is 0 Å². The summed E-state index contributed by atoms with van der Waals surface area (Å²) < 4.78 is 0. The summed E-state index contributed by atoms with van der Waals surface area (Å²) in [6.07, 6.45) is 20.7. The predicted molar refractivity (Wildman–Crippen MR) is 114 cm³/mol. The maximum absolute atomic E-state index is 10.6. The first-order valence-corrected chi connectivity index (χ1v) is 11.6. The van der Waals surface area contributed by atoms with E-state index in [1.807, 2.05) is 0 Å². The van der Waals surface area contributed by atoms with E-state index in [9.17, 15) is 10.1 Å². The Kier molecular flexibility index (Phi) is 16.2. The molecule has 0 saturated heterocycles. The minimum atomic E-state index is -0.166. The summed E-state index contributed by atoms with van der Waals surface area (Å²) >= 11 is 0. The molecule has 3 nitrogen and oxygen atoms in total. The highest BCUT2D eigenvalue weighted by Gasteiger charge is 2.29. The second kappa shape index (κ2) is 16.6. The summed E-state index contributed by atoms with van der Waals surface area (Å²) in [6, 6.07) is 0. The van der Waals surface area contributed by atoms with Gasteiger partial charge in [-0.15, -0.1) is 0 Å². The van der Waals surface area contributed by atoms with Gasteiger partial charge in [0.05, 0.1) is 0 Å². The maximum Gasteiger partial charge on any atom is 0.203 e. The molecule has 0 aliphatic heterocycles. The van der Waals surface area contributed by atoms with Crippen molar-refractivity contribution in [2.75, 3.05) is 6.54 Å². The first-order chi connectivity index (χ1) is 12.5. The largest absolute Gasteiger partial charge is 0.265 e. The summed E-state index contributed by atoms with van der Waals surface area (Å²) in [4.78, 5) is 10.4. The Morgan fingerprint density at radius 2 is 1.27 bits per heavy atom. The zero-order valence-corrected chi connectivity index (χ0v) is 18.4. The average Bonchev–Trinajstić information content (AvgIpc) is 2.59. The standard InChI is InChI=1S/C23H47NO2/c1-5-7-8-9-10-11-12-13-14-15-16-18-22(3)23(4,19-6-2)20-17-21-24(25)26/h22H,5-21H2,1-4H3. The van der Waals surface area contributed by atoms with Crippen LogP contribution in [0.25, 0.3) is 0 Å². The molecule has 0 aromatic heterocycles. The molecule has 0 bridgehead atoms. The first kappa shape index (κ1) is 25.4. The molecule has 0 fully saturated rings. The fourth-order valence-corrected chi connectivity index (χ4v) is 4.26. The third-order valence-electron chi connectivity index (χ3n) is 6.34. The zero-order valence-electron chi connectivity index (χ0n) is 18.4. The molecule has 0 radical (unpaired) electrons. The molecule has 26 heavy (non-hydrogen) atoms. The van der Waals surface area contributed by atoms with E-state index in [0.717, 1.165) is 12.8 Å². The van der Waals surface area contributed by atoms with Crippen LogP contribution >= 0.6 is 0 Å². The van der Waals surface area contributed by atoms with Crippen molar-refractivity contribution in [1.29, 1.82) is 0 Å². The van der Waals surface area contributed by atoms with Gasteiger partial charge in [0.25, 0.3) is 0 Å². The van der Waals surface area contributed by atoms with Crippen LogP contribution in [-0.4, -0.2) is 11.5 Å². The SMILES string of the molecule is CCCCCCCCCCCCCC(C)C(C)(CCC)CCC[N+](=O)[O-]. The van der Waals surface area contributed by atoms with Gasteiger partial charge in [-0.1, -0.05) is 111 Å². The Balaban J connectivity index is 3.78. The van der Waals surface area contributed by atoms with E-state index >= 15 is 0 Å². The van der Waals surface area contributed by atoms with Gasteiger partial charge in [0.15, 0.2) is 0 Å². The molecule has 2 atom stereocenters. The second-order valence-corrected chi connectivity index (χ2v) is 8.79. The summed E-state index contributed by atoms with van der Waals surface area (Å²) in [7, 11) is 0. The van der Waals surface area contributed by atoms with E-state index in [0.29, 0.717) is 5.92 Å². The number of hydrogen-bond donors (Lipinski definition) is 0. The normalized spacial score (nSPS) is 14.9. The van der Waals surface area contributed by atoms with Crippen molar-refractivity contribution in [3.05, 3.63) is 10.1 Å². The predicted octanol–water partition coefficient (Wildman–Crippen LogP) is 8.19. The van der Waals surface area contributed by atoms with Crippen molar-refractivity contribution in [2.45, 2.75) is 130 Å². The molecule has 0 N–H and O–H groups in total. The molecule has 0 heterocycles. The summed E-state index contributed by atoms with van der Waals surface area (Å²) in [5.41, 5.74) is 0.281. The Hall–Kier alpha value is -0.600. The monoisotopic (exact) mass is 369 g/mol. The molecule has 3 heteroatoms. The van der Waals surface area contributed by atoms with Crippen molar-refractivity contribution < 1.29 is 4.92 Å². The summed E-state index contributed by atoms with van der Waals surface area (Å²) in [5.74, 6) is 0.674. The quantitative estimate of drug-likeness (QED) is 0.131. The topological polar surface area (TPSA) is 43.1 Å². The van der Waals surface area contributed by atoms with Crippen LogP contribution in [0.2, 0.25) is 0 Å². The van der Waals surface area contributed by atoms with Crippen LogP contribution in [0.4, 0.5) is 0 Å². The van der Waals surface area contributed by atoms with Crippen LogP contribution < -0.4 is 0 Å². The van der Waals surface area contributed by atoms with E-state index in [1.54, 1.807) is 0 Å². The smallest absolute Gasteiger partial charge is 0.203 e. The van der Waals surface area contributed by atoms with Crippen LogP contribution in [0, 0.1) is 21.4 Å². The Bertz CT molecular complexity index is 332. The molecule has 0 saturated carbocycles. The fraction of sp³-hybridized carbons (Fsp3) is 1.00. The molecule has 0 aromatic rings. The minimum absolute atomic E-state index is 0.129. The minimum Gasteiger partial charge on any atom is -0.265 e. The van der Waals surface area contributed by atoms with Gasteiger partial charge < -0.3 is 0 Å². The lowest BCUT2D eigenvalue weighted by Crippen LogP contribution is -2.26. The van der Waals surface area contributed by atoms with Crippen molar-refractivity contribution in [3.8, 4) is 0 Å². The van der Waals surface area contributed by atoms with Gasteiger partial charge in [-0.05, 0) is 24.2 Å². The van der Waals surface area contributed by atoms with E-state index in [-0.39, 0.29) is 16.9 Å². The molecule has 156 valence electrons. The molecule has 0 spiro atoms. The number of unbranched alkanes of at least 4 members (excludes halogenated alkanes) is 10. The van der Waals surface area contributed by atoms with Gasteiger partial charge in [0, 0.05) is 11.3 Å². The van der Waals surface area contributed by atoms with Crippen LogP contribution in [0.1, 0.15) is 130 Å². The highest BCUT2D eigenvalue weighted by atomic mass is 16.6. The molecule has 0 aliphatic rings. The van der Waals surface area contributed by atoms with Crippen molar-refractivity contribution in [2.24, 2.45) is 11.3 Å². The lowest BCUT2D eigenvalue weighted by Gasteiger charge is -2.36. The zero-order chi connectivity index (χ0) is 19.7. The molecule has 0 rings (SSSR count). The van der Waals surface area contributed by atoms with Crippen molar-refractivity contribution in [1.82, 2.24) is 0 Å². The highest BCUT2D eigenvalue weighted by molar-refractivity contribution is 4.80. The van der Waals surface area contributed by atoms with Gasteiger partial charge in [0.2, 0.25) is 6.54 Å². The second-order valence-electron chi connectivity index (χ2n) is 8.79. The highest BCUT2D eigenvalue weighted by Crippen LogP contribution is 2.40. The third kappa shape index (κ3) is 13.6. The number of nitro groups is 1. The Labute approximate surface area is 163 Å². The first-order valence-electron chi connectivity index (χ1n) is 11.6. The number of hydrogen-bond acceptors (Lipinski definition) is 2. The molecular formula is C23H47NO2. The molecule has 0 amide bonds. The summed E-state index contributed by atoms with van der Waals surface area (Å²) in [6.45, 7) is 9.38. The van der Waals surface area contributed by atoms with E-state index < -0.39 is 0 Å². The Morgan fingerprint density at radius 3 is 1.73 bits per heavy atom. The van der Waals surface area contributed by atoms with Crippen LogP contribution in [0.3, 0.4) is 0 Å².